The minimum Gasteiger partial charge on any atom is -0.460 e. The number of halogens is 1. The van der Waals surface area contributed by atoms with Gasteiger partial charge in [-0.05, 0) is 27.2 Å². The predicted molar refractivity (Wildman–Crippen MR) is 74.4 cm³/mol. The van der Waals surface area contributed by atoms with Gasteiger partial charge in [-0.15, -0.1) is 0 Å². The van der Waals surface area contributed by atoms with Gasteiger partial charge in [0.15, 0.2) is 0 Å². The van der Waals surface area contributed by atoms with Gasteiger partial charge < -0.3 is 14.2 Å². The Bertz CT molecular complexity index is 592. The first-order valence-electron chi connectivity index (χ1n) is 7.59. The van der Waals surface area contributed by atoms with E-state index in [0.717, 1.165) is 0 Å². The molecule has 2 aliphatic carbocycles. The molecule has 3 aliphatic rings. The number of hydrogen-bond acceptors (Lipinski definition) is 6. The van der Waals surface area contributed by atoms with Crippen LogP contribution in [0.5, 0.6) is 0 Å². The van der Waals surface area contributed by atoms with Crippen molar-refractivity contribution in [2.24, 2.45) is 23.7 Å². The summed E-state index contributed by atoms with van der Waals surface area (Å²) in [6.07, 6.45) is -0.929. The quantitative estimate of drug-likeness (QED) is 0.445. The van der Waals surface area contributed by atoms with Gasteiger partial charge in [0, 0.05) is 11.8 Å². The van der Waals surface area contributed by atoms with Crippen LogP contribution in [0.2, 0.25) is 0 Å². The molecule has 0 amide bonds. The van der Waals surface area contributed by atoms with E-state index in [1.165, 1.54) is 0 Å². The van der Waals surface area contributed by atoms with Gasteiger partial charge in [0.1, 0.15) is 17.8 Å². The lowest BCUT2D eigenvalue weighted by molar-refractivity contribution is -0.170. The summed E-state index contributed by atoms with van der Waals surface area (Å²) in [5, 5.41) is 0. The number of carbonyl (C=O) groups excluding carboxylic acids is 3. The zero-order valence-corrected chi connectivity index (χ0v) is 13.2. The van der Waals surface area contributed by atoms with Crippen LogP contribution in [0, 0.1) is 23.7 Å². The minimum atomic E-state index is -1.22. The molecule has 0 spiro atoms. The van der Waals surface area contributed by atoms with Gasteiger partial charge in [-0.1, -0.05) is 6.58 Å². The van der Waals surface area contributed by atoms with E-state index in [4.69, 9.17) is 14.2 Å². The second-order valence-corrected chi connectivity index (χ2v) is 7.32. The van der Waals surface area contributed by atoms with E-state index in [0.29, 0.717) is 6.42 Å². The Hall–Kier alpha value is -1.92. The highest BCUT2D eigenvalue weighted by molar-refractivity contribution is 5.88. The molecule has 23 heavy (non-hydrogen) atoms. The second kappa shape index (κ2) is 5.04. The molecular formula is C16H19FO6. The number of fused-ring (bicyclic) bond motifs is 1. The van der Waals surface area contributed by atoms with Crippen molar-refractivity contribution in [3.8, 4) is 0 Å². The van der Waals surface area contributed by atoms with Gasteiger partial charge >= 0.3 is 17.9 Å². The first-order chi connectivity index (χ1) is 10.6. The summed E-state index contributed by atoms with van der Waals surface area (Å²) in [7, 11) is 0. The van der Waals surface area contributed by atoms with Crippen LogP contribution >= 0.6 is 0 Å². The van der Waals surface area contributed by atoms with Crippen LogP contribution in [-0.4, -0.2) is 35.7 Å². The fourth-order valence-electron chi connectivity index (χ4n) is 4.03. The van der Waals surface area contributed by atoms with Crippen molar-refractivity contribution in [2.75, 3.05) is 0 Å². The molecule has 7 heteroatoms. The van der Waals surface area contributed by atoms with Crippen LogP contribution in [0.25, 0.3) is 0 Å². The normalized spacial score (nSPS) is 37.5. The molecule has 6 nitrogen and oxygen atoms in total. The molecule has 2 saturated carbocycles. The van der Waals surface area contributed by atoms with Crippen LogP contribution in [0.1, 0.15) is 27.2 Å². The average Bonchev–Trinajstić information content (AvgIpc) is 2.99. The standard InChI is InChI=1S/C16H19FO6/c1-6(17)13(18)21-11-8-5-7-9(14(19)22-12(7)11)10(8)15(20)23-16(2,3)4/h7-12H,1,5H2,2-4H3. The third kappa shape index (κ3) is 2.52. The predicted octanol–water partition coefficient (Wildman–Crippen LogP) is 1.53. The zero-order valence-electron chi connectivity index (χ0n) is 13.2. The molecule has 0 aromatic carbocycles. The first-order valence-corrected chi connectivity index (χ1v) is 7.59. The fraction of sp³-hybridized carbons (Fsp3) is 0.688. The molecule has 1 saturated heterocycles. The Balaban J connectivity index is 1.84. The Labute approximate surface area is 132 Å². The molecule has 6 unspecified atom stereocenters. The second-order valence-electron chi connectivity index (χ2n) is 7.32. The zero-order chi connectivity index (χ0) is 17.1. The highest BCUT2D eigenvalue weighted by Crippen LogP contribution is 2.59. The van der Waals surface area contributed by atoms with Crippen LogP contribution in [0.4, 0.5) is 4.39 Å². The molecule has 126 valence electrons. The van der Waals surface area contributed by atoms with Crippen molar-refractivity contribution in [2.45, 2.75) is 45.0 Å². The number of rotatable bonds is 3. The van der Waals surface area contributed by atoms with Gasteiger partial charge in [0.2, 0.25) is 5.83 Å². The summed E-state index contributed by atoms with van der Waals surface area (Å²) >= 11 is 0. The summed E-state index contributed by atoms with van der Waals surface area (Å²) in [6.45, 7) is 8.10. The molecule has 0 aromatic rings. The van der Waals surface area contributed by atoms with Gasteiger partial charge in [-0.2, -0.15) is 4.39 Å². The van der Waals surface area contributed by atoms with E-state index in [1.54, 1.807) is 20.8 Å². The van der Waals surface area contributed by atoms with Crippen LogP contribution in [-0.2, 0) is 28.6 Å². The summed E-state index contributed by atoms with van der Waals surface area (Å²) in [4.78, 5) is 36.0. The minimum absolute atomic E-state index is 0.198. The van der Waals surface area contributed by atoms with E-state index in [2.05, 4.69) is 6.58 Å². The Morgan fingerprint density at radius 3 is 2.52 bits per heavy atom. The molecule has 3 fully saturated rings. The molecule has 0 radical (unpaired) electrons. The molecule has 6 atom stereocenters. The summed E-state index contributed by atoms with van der Waals surface area (Å²) in [5.41, 5.74) is -0.694. The van der Waals surface area contributed by atoms with E-state index in [1.807, 2.05) is 0 Å². The van der Waals surface area contributed by atoms with Gasteiger partial charge in [0.25, 0.3) is 0 Å². The van der Waals surface area contributed by atoms with Crippen LogP contribution in [0.3, 0.4) is 0 Å². The first kappa shape index (κ1) is 16.0. The molecule has 3 rings (SSSR count). The third-order valence-corrected chi connectivity index (χ3v) is 4.69. The molecule has 1 heterocycles. The Morgan fingerprint density at radius 1 is 1.30 bits per heavy atom. The average molecular weight is 326 g/mol. The van der Waals surface area contributed by atoms with Crippen molar-refractivity contribution in [3.05, 3.63) is 12.4 Å². The smallest absolute Gasteiger partial charge is 0.366 e. The highest BCUT2D eigenvalue weighted by atomic mass is 19.1. The van der Waals surface area contributed by atoms with Crippen molar-refractivity contribution >= 4 is 17.9 Å². The van der Waals surface area contributed by atoms with E-state index in [-0.39, 0.29) is 5.92 Å². The van der Waals surface area contributed by atoms with Crippen molar-refractivity contribution in [1.82, 2.24) is 0 Å². The molecule has 0 N–H and O–H groups in total. The van der Waals surface area contributed by atoms with E-state index >= 15 is 0 Å². The SMILES string of the molecule is C=C(F)C(=O)OC1C2CC3C1OC(=O)C3C2C(=O)OC(C)(C)C. The largest absolute Gasteiger partial charge is 0.460 e. The molecule has 1 aliphatic heterocycles. The highest BCUT2D eigenvalue weighted by Gasteiger charge is 2.70. The maximum Gasteiger partial charge on any atom is 0.366 e. The number of hydrogen-bond donors (Lipinski definition) is 0. The number of carbonyl (C=O) groups is 3. The summed E-state index contributed by atoms with van der Waals surface area (Å²) in [5.74, 6) is -5.29. The molecular weight excluding hydrogens is 307 g/mol. The maximum atomic E-state index is 12.9. The van der Waals surface area contributed by atoms with E-state index < -0.39 is 59.3 Å². The van der Waals surface area contributed by atoms with Gasteiger partial charge in [0.05, 0.1) is 11.8 Å². The summed E-state index contributed by atoms with van der Waals surface area (Å²) < 4.78 is 28.7. The number of ether oxygens (including phenoxy) is 3. The Kier molecular flexibility index (Phi) is 3.50. The summed E-state index contributed by atoms with van der Waals surface area (Å²) in [6, 6.07) is 0. The maximum absolute atomic E-state index is 12.9. The van der Waals surface area contributed by atoms with E-state index in [9.17, 15) is 18.8 Å². The lowest BCUT2D eigenvalue weighted by Crippen LogP contribution is -2.45. The lowest BCUT2D eigenvalue weighted by Gasteiger charge is -2.31. The van der Waals surface area contributed by atoms with Crippen LogP contribution in [0.15, 0.2) is 12.4 Å². The Morgan fingerprint density at radius 2 is 1.96 bits per heavy atom. The topological polar surface area (TPSA) is 78.9 Å². The van der Waals surface area contributed by atoms with Crippen molar-refractivity contribution in [1.29, 1.82) is 0 Å². The lowest BCUT2D eigenvalue weighted by atomic mass is 9.78. The molecule has 0 aromatic heterocycles. The third-order valence-electron chi connectivity index (χ3n) is 4.69. The van der Waals surface area contributed by atoms with Crippen LogP contribution < -0.4 is 0 Å². The van der Waals surface area contributed by atoms with Gasteiger partial charge in [-0.25, -0.2) is 4.79 Å². The fourth-order valence-corrected chi connectivity index (χ4v) is 4.03. The van der Waals surface area contributed by atoms with Gasteiger partial charge in [-0.3, -0.25) is 9.59 Å². The number of esters is 3. The monoisotopic (exact) mass is 326 g/mol. The van der Waals surface area contributed by atoms with Crippen molar-refractivity contribution < 1.29 is 33.0 Å². The van der Waals surface area contributed by atoms with Crippen molar-refractivity contribution in [3.63, 3.8) is 0 Å². The molecule has 2 bridgehead atoms.